The molecule has 4 rings (SSSR count). The van der Waals surface area contributed by atoms with Gasteiger partial charge in [-0.1, -0.05) is 6.07 Å². The molecule has 1 aliphatic carbocycles. The third kappa shape index (κ3) is 3.93. The van der Waals surface area contributed by atoms with Crippen molar-refractivity contribution in [2.45, 2.75) is 31.7 Å². The number of thiophene rings is 1. The lowest BCUT2D eigenvalue weighted by molar-refractivity contribution is 0.174. The van der Waals surface area contributed by atoms with Crippen LogP contribution in [0.25, 0.3) is 0 Å². The molecule has 0 unspecified atom stereocenters. The lowest BCUT2D eigenvalue weighted by Crippen LogP contribution is -2.40. The summed E-state index contributed by atoms with van der Waals surface area (Å²) in [6.45, 7) is 4.14. The maximum Gasteiger partial charge on any atom is 0.231 e. The number of benzene rings is 1. The van der Waals surface area contributed by atoms with Gasteiger partial charge in [0.2, 0.25) is 6.79 Å². The average Bonchev–Trinajstić information content (AvgIpc) is 3.08. The second kappa shape index (κ2) is 8.04. The fraction of sp³-hybridized carbons (Fsp3) is 0.421. The highest BCUT2D eigenvalue weighted by atomic mass is 127. The van der Waals surface area contributed by atoms with Crippen molar-refractivity contribution in [1.29, 1.82) is 0 Å². The summed E-state index contributed by atoms with van der Waals surface area (Å²) in [5.74, 6) is 2.55. The zero-order valence-electron chi connectivity index (χ0n) is 15.0. The van der Waals surface area contributed by atoms with Gasteiger partial charge >= 0.3 is 0 Å². The first kappa shape index (κ1) is 19.3. The van der Waals surface area contributed by atoms with E-state index in [-0.39, 0.29) is 29.4 Å². The molecule has 0 amide bonds. The molecule has 2 aliphatic rings. The van der Waals surface area contributed by atoms with Crippen molar-refractivity contribution in [3.8, 4) is 11.5 Å². The minimum Gasteiger partial charge on any atom is -0.454 e. The smallest absolute Gasteiger partial charge is 0.231 e. The van der Waals surface area contributed by atoms with Gasteiger partial charge in [-0.15, -0.1) is 35.3 Å². The molecule has 2 heterocycles. The van der Waals surface area contributed by atoms with Gasteiger partial charge in [0.15, 0.2) is 17.5 Å². The number of ether oxygens (including phenoxy) is 2. The summed E-state index contributed by atoms with van der Waals surface area (Å²) in [5, 5.41) is 9.03. The third-order valence-corrected chi connectivity index (χ3v) is 6.06. The predicted molar refractivity (Wildman–Crippen MR) is 116 cm³/mol. The lowest BCUT2D eigenvalue weighted by atomic mass is 9.95. The van der Waals surface area contributed by atoms with E-state index in [0.717, 1.165) is 30.5 Å². The van der Waals surface area contributed by atoms with E-state index in [4.69, 9.17) is 9.47 Å². The van der Waals surface area contributed by atoms with Crippen LogP contribution in [0, 0.1) is 6.92 Å². The number of aryl methyl sites for hydroxylation is 1. The van der Waals surface area contributed by atoms with Crippen LogP contribution in [0.15, 0.2) is 34.6 Å². The molecule has 1 aromatic carbocycles. The molecule has 7 heteroatoms. The Morgan fingerprint density at radius 1 is 1.19 bits per heavy atom. The van der Waals surface area contributed by atoms with Crippen LogP contribution in [0.3, 0.4) is 0 Å². The van der Waals surface area contributed by atoms with E-state index in [1.165, 1.54) is 28.8 Å². The van der Waals surface area contributed by atoms with Crippen LogP contribution in [0.2, 0.25) is 0 Å². The van der Waals surface area contributed by atoms with Gasteiger partial charge in [0.25, 0.3) is 0 Å². The standard InChI is InChI=1S/C19H23N3O2S.HI/c1-13-5-8-25-17(13)10-21-18(20-2)22-11-19(6-7-19)14-3-4-15-16(9-14)24-12-23-15;/h3-5,8-9H,6-7,10-12H2,1-2H3,(H2,20,21,22);1H. The minimum atomic E-state index is 0. The highest BCUT2D eigenvalue weighted by molar-refractivity contribution is 14.0. The predicted octanol–water partition coefficient (Wildman–Crippen LogP) is 3.80. The van der Waals surface area contributed by atoms with Gasteiger partial charge < -0.3 is 20.1 Å². The van der Waals surface area contributed by atoms with Gasteiger partial charge in [0.05, 0.1) is 6.54 Å². The fourth-order valence-corrected chi connectivity index (χ4v) is 4.01. The van der Waals surface area contributed by atoms with Gasteiger partial charge in [0.1, 0.15) is 0 Å². The van der Waals surface area contributed by atoms with E-state index in [0.29, 0.717) is 6.79 Å². The molecule has 0 atom stereocenters. The summed E-state index contributed by atoms with van der Waals surface area (Å²) in [7, 11) is 1.82. The minimum absolute atomic E-state index is 0. The van der Waals surface area contributed by atoms with Crippen LogP contribution in [-0.2, 0) is 12.0 Å². The number of guanidine groups is 1. The van der Waals surface area contributed by atoms with Gasteiger partial charge in [-0.25, -0.2) is 0 Å². The second-order valence-corrected chi connectivity index (χ2v) is 7.66. The Bertz CT molecular complexity index is 802. The summed E-state index contributed by atoms with van der Waals surface area (Å²) in [4.78, 5) is 5.70. The first-order chi connectivity index (χ1) is 12.2. The van der Waals surface area contributed by atoms with Gasteiger partial charge in [-0.3, -0.25) is 4.99 Å². The Hall–Kier alpha value is -1.48. The summed E-state index contributed by atoms with van der Waals surface area (Å²) in [6, 6.07) is 8.46. The summed E-state index contributed by atoms with van der Waals surface area (Å²) in [5.41, 5.74) is 2.82. The Morgan fingerprint density at radius 2 is 2.00 bits per heavy atom. The van der Waals surface area contributed by atoms with Crippen molar-refractivity contribution in [2.24, 2.45) is 4.99 Å². The lowest BCUT2D eigenvalue weighted by Gasteiger charge is -2.19. The van der Waals surface area contributed by atoms with Crippen molar-refractivity contribution < 1.29 is 9.47 Å². The second-order valence-electron chi connectivity index (χ2n) is 6.65. The number of halogens is 1. The van der Waals surface area contributed by atoms with E-state index in [9.17, 15) is 0 Å². The van der Waals surface area contributed by atoms with Crippen molar-refractivity contribution in [2.75, 3.05) is 20.4 Å². The first-order valence-electron chi connectivity index (χ1n) is 8.58. The molecule has 1 fully saturated rings. The van der Waals surface area contributed by atoms with Crippen LogP contribution < -0.4 is 20.1 Å². The monoisotopic (exact) mass is 485 g/mol. The van der Waals surface area contributed by atoms with Crippen LogP contribution in [-0.4, -0.2) is 26.3 Å². The van der Waals surface area contributed by atoms with E-state index < -0.39 is 0 Å². The molecule has 0 spiro atoms. The van der Waals surface area contributed by atoms with Gasteiger partial charge in [-0.05, 0) is 54.5 Å². The highest BCUT2D eigenvalue weighted by Gasteiger charge is 2.44. The molecule has 2 N–H and O–H groups in total. The molecule has 1 aromatic heterocycles. The molecule has 5 nitrogen and oxygen atoms in total. The third-order valence-electron chi connectivity index (χ3n) is 5.04. The number of nitrogens with one attached hydrogen (secondary N) is 2. The number of aliphatic imine (C=N–C) groups is 1. The number of rotatable bonds is 5. The number of hydrogen-bond donors (Lipinski definition) is 2. The molecule has 1 saturated carbocycles. The molecule has 2 aromatic rings. The Labute approximate surface area is 175 Å². The molecular weight excluding hydrogens is 461 g/mol. The number of fused-ring (bicyclic) bond motifs is 1. The highest BCUT2D eigenvalue weighted by Crippen LogP contribution is 2.49. The Balaban J connectivity index is 0.00000196. The topological polar surface area (TPSA) is 54.9 Å². The van der Waals surface area contributed by atoms with Crippen molar-refractivity contribution in [3.63, 3.8) is 0 Å². The Kier molecular flexibility index (Phi) is 5.96. The molecule has 1 aliphatic heterocycles. The summed E-state index contributed by atoms with van der Waals surface area (Å²) >= 11 is 1.78. The zero-order valence-corrected chi connectivity index (χ0v) is 18.1. The van der Waals surface area contributed by atoms with Crippen LogP contribution >= 0.6 is 35.3 Å². The zero-order chi connectivity index (χ0) is 17.3. The average molecular weight is 485 g/mol. The number of nitrogens with zero attached hydrogens (tertiary/aromatic N) is 1. The van der Waals surface area contributed by atoms with Gasteiger partial charge in [-0.2, -0.15) is 0 Å². The van der Waals surface area contributed by atoms with Crippen molar-refractivity contribution >= 4 is 41.3 Å². The summed E-state index contributed by atoms with van der Waals surface area (Å²) in [6.07, 6.45) is 2.36. The molecular formula is C19H24IN3O2S. The van der Waals surface area contributed by atoms with Crippen LogP contribution in [0.4, 0.5) is 0 Å². The van der Waals surface area contributed by atoms with Crippen molar-refractivity contribution in [3.05, 3.63) is 45.6 Å². The van der Waals surface area contributed by atoms with Gasteiger partial charge in [0, 0.05) is 23.9 Å². The summed E-state index contributed by atoms with van der Waals surface area (Å²) < 4.78 is 10.9. The molecule has 140 valence electrons. The maximum absolute atomic E-state index is 5.52. The maximum atomic E-state index is 5.52. The number of hydrogen-bond acceptors (Lipinski definition) is 4. The van der Waals surface area contributed by atoms with E-state index in [1.807, 2.05) is 13.1 Å². The molecule has 0 radical (unpaired) electrons. The van der Waals surface area contributed by atoms with E-state index in [2.05, 4.69) is 46.1 Å². The largest absolute Gasteiger partial charge is 0.454 e. The van der Waals surface area contributed by atoms with E-state index in [1.54, 1.807) is 11.3 Å². The quantitative estimate of drug-likeness (QED) is 0.385. The first-order valence-corrected chi connectivity index (χ1v) is 9.46. The van der Waals surface area contributed by atoms with E-state index >= 15 is 0 Å². The van der Waals surface area contributed by atoms with Crippen molar-refractivity contribution in [1.82, 2.24) is 10.6 Å². The SMILES string of the molecule is CN=C(NCc1sccc1C)NCC1(c2ccc3c(c2)OCO3)CC1.I. The van der Waals surface area contributed by atoms with Crippen LogP contribution in [0.1, 0.15) is 28.8 Å². The molecule has 26 heavy (non-hydrogen) atoms. The molecule has 0 saturated heterocycles. The fourth-order valence-electron chi connectivity index (χ4n) is 3.17. The molecule has 0 bridgehead atoms. The Morgan fingerprint density at radius 3 is 2.69 bits per heavy atom. The van der Waals surface area contributed by atoms with Crippen LogP contribution in [0.5, 0.6) is 11.5 Å². The normalized spacial score (nSPS) is 16.8.